The van der Waals surface area contributed by atoms with E-state index in [4.69, 9.17) is 11.6 Å². The Morgan fingerprint density at radius 3 is 2.53 bits per heavy atom. The van der Waals surface area contributed by atoms with Crippen LogP contribution in [-0.4, -0.2) is 15.7 Å². The second-order valence-corrected chi connectivity index (χ2v) is 4.93. The van der Waals surface area contributed by atoms with Crippen LogP contribution < -0.4 is 0 Å². The van der Waals surface area contributed by atoms with Gasteiger partial charge in [-0.1, -0.05) is 0 Å². The predicted octanol–water partition coefficient (Wildman–Crippen LogP) is 3.97. The molecule has 3 rings (SSSR count). The first-order chi connectivity index (χ1) is 8.89. The summed E-state index contributed by atoms with van der Waals surface area (Å²) in [7, 11) is 0. The van der Waals surface area contributed by atoms with Gasteiger partial charge in [0.1, 0.15) is 17.2 Å². The topological polar surface area (TPSA) is 17.8 Å². The molecule has 0 amide bonds. The fraction of sp³-hybridized carbons (Fsp3) is 0.417. The van der Waals surface area contributed by atoms with Gasteiger partial charge in [0.25, 0.3) is 0 Å². The number of hydrogen-bond acceptors (Lipinski definition) is 1. The molecule has 0 aliphatic heterocycles. The van der Waals surface area contributed by atoms with Gasteiger partial charge in [-0.25, -0.2) is 9.37 Å². The number of imidazole rings is 1. The molecule has 0 saturated heterocycles. The van der Waals surface area contributed by atoms with Crippen LogP contribution in [0.5, 0.6) is 0 Å². The Labute approximate surface area is 111 Å². The van der Waals surface area contributed by atoms with E-state index in [0.29, 0.717) is 0 Å². The molecular weight excluding hydrogens is 284 g/mol. The lowest BCUT2D eigenvalue weighted by atomic mass is 10.2. The summed E-state index contributed by atoms with van der Waals surface area (Å²) >= 11 is 5.68. The monoisotopic (exact) mass is 292 g/mol. The first-order valence-electron chi connectivity index (χ1n) is 5.69. The minimum atomic E-state index is -4.37. The molecule has 0 unspecified atom stereocenters. The summed E-state index contributed by atoms with van der Waals surface area (Å²) in [5.74, 6) is -0.555. The van der Waals surface area contributed by atoms with Gasteiger partial charge in [0.15, 0.2) is 0 Å². The number of hydrogen-bond donors (Lipinski definition) is 0. The van der Waals surface area contributed by atoms with E-state index < -0.39 is 17.5 Å². The van der Waals surface area contributed by atoms with Gasteiger partial charge in [0.2, 0.25) is 0 Å². The van der Waals surface area contributed by atoms with Crippen LogP contribution >= 0.6 is 11.6 Å². The predicted molar refractivity (Wildman–Crippen MR) is 62.5 cm³/mol. The maximum Gasteiger partial charge on any atom is 0.412 e. The Bertz CT molecular complexity index is 643. The van der Waals surface area contributed by atoms with Crippen LogP contribution in [0.2, 0.25) is 0 Å². The quantitative estimate of drug-likeness (QED) is 0.605. The number of rotatable bonds is 2. The van der Waals surface area contributed by atoms with E-state index >= 15 is 0 Å². The molecule has 1 saturated carbocycles. The second kappa shape index (κ2) is 3.85. The van der Waals surface area contributed by atoms with Gasteiger partial charge in [-0.15, -0.1) is 11.6 Å². The molecule has 7 heteroatoms. The van der Waals surface area contributed by atoms with Crippen molar-refractivity contribution < 1.29 is 17.6 Å². The van der Waals surface area contributed by atoms with Crippen molar-refractivity contribution in [3.05, 3.63) is 29.8 Å². The van der Waals surface area contributed by atoms with Crippen LogP contribution in [0.25, 0.3) is 11.0 Å². The Hall–Kier alpha value is -1.30. The first kappa shape index (κ1) is 12.7. The molecule has 0 bridgehead atoms. The third kappa shape index (κ3) is 1.73. The molecule has 1 aliphatic rings. The number of benzene rings is 1. The summed E-state index contributed by atoms with van der Waals surface area (Å²) in [6.45, 7) is 0. The highest BCUT2D eigenvalue weighted by Crippen LogP contribution is 2.57. The van der Waals surface area contributed by atoms with Crippen molar-refractivity contribution in [1.82, 2.24) is 9.55 Å². The van der Waals surface area contributed by atoms with Crippen molar-refractivity contribution in [2.75, 3.05) is 0 Å². The molecule has 1 aromatic carbocycles. The molecular formula is C12H9ClF4N2. The molecule has 2 aromatic rings. The van der Waals surface area contributed by atoms with Crippen LogP contribution in [0.3, 0.4) is 0 Å². The van der Waals surface area contributed by atoms with Crippen molar-refractivity contribution in [1.29, 1.82) is 0 Å². The van der Waals surface area contributed by atoms with Gasteiger partial charge in [0.05, 0.1) is 16.9 Å². The molecule has 0 radical (unpaired) electrons. The SMILES string of the molecule is Fc1ccc2c(c1)nc(CCl)n2C1(C(F)(F)F)CC1. The molecule has 2 nitrogen and oxygen atoms in total. The van der Waals surface area contributed by atoms with E-state index in [1.165, 1.54) is 6.07 Å². The van der Waals surface area contributed by atoms with E-state index in [2.05, 4.69) is 4.98 Å². The standard InChI is InChI=1S/C12H9ClF4N2/c13-6-10-18-8-5-7(14)1-2-9(8)19(10)11(3-4-11)12(15,16)17/h1-2,5H,3-4,6H2. The molecule has 0 atom stereocenters. The Kier molecular flexibility index (Phi) is 2.58. The molecule has 19 heavy (non-hydrogen) atoms. The van der Waals surface area contributed by atoms with Gasteiger partial charge < -0.3 is 4.57 Å². The highest BCUT2D eigenvalue weighted by atomic mass is 35.5. The van der Waals surface area contributed by atoms with Gasteiger partial charge in [0, 0.05) is 6.07 Å². The van der Waals surface area contributed by atoms with E-state index in [-0.39, 0.29) is 35.6 Å². The second-order valence-electron chi connectivity index (χ2n) is 4.66. The van der Waals surface area contributed by atoms with Gasteiger partial charge in [-0.2, -0.15) is 13.2 Å². The van der Waals surface area contributed by atoms with Crippen molar-refractivity contribution in [3.8, 4) is 0 Å². The Morgan fingerprint density at radius 1 is 1.32 bits per heavy atom. The zero-order valence-corrected chi connectivity index (χ0v) is 10.4. The summed E-state index contributed by atoms with van der Waals surface area (Å²) in [6, 6.07) is 3.57. The fourth-order valence-corrected chi connectivity index (χ4v) is 2.60. The third-order valence-electron chi connectivity index (χ3n) is 3.48. The maximum absolute atomic E-state index is 13.2. The zero-order chi connectivity index (χ0) is 13.8. The number of nitrogens with zero attached hydrogens (tertiary/aromatic N) is 2. The van der Waals surface area contributed by atoms with Gasteiger partial charge >= 0.3 is 6.18 Å². The van der Waals surface area contributed by atoms with Gasteiger partial charge in [-0.05, 0) is 25.0 Å². The van der Waals surface area contributed by atoms with E-state index in [0.717, 1.165) is 16.7 Å². The van der Waals surface area contributed by atoms with Gasteiger partial charge in [-0.3, -0.25) is 0 Å². The van der Waals surface area contributed by atoms with Crippen LogP contribution in [0.15, 0.2) is 18.2 Å². The smallest absolute Gasteiger partial charge is 0.311 e. The van der Waals surface area contributed by atoms with Crippen LogP contribution in [-0.2, 0) is 11.4 Å². The largest absolute Gasteiger partial charge is 0.412 e. The minimum Gasteiger partial charge on any atom is -0.311 e. The van der Waals surface area contributed by atoms with Crippen molar-refractivity contribution in [3.63, 3.8) is 0 Å². The Balaban J connectivity index is 2.28. The number of alkyl halides is 4. The lowest BCUT2D eigenvalue weighted by Gasteiger charge is -2.23. The highest BCUT2D eigenvalue weighted by Gasteiger charge is 2.65. The van der Waals surface area contributed by atoms with Crippen molar-refractivity contribution in [2.45, 2.75) is 30.4 Å². The highest BCUT2D eigenvalue weighted by molar-refractivity contribution is 6.16. The third-order valence-corrected chi connectivity index (χ3v) is 3.72. The summed E-state index contributed by atoms with van der Waals surface area (Å²) in [5, 5.41) is 0. The van der Waals surface area contributed by atoms with Crippen molar-refractivity contribution in [2.24, 2.45) is 0 Å². The van der Waals surface area contributed by atoms with E-state index in [1.807, 2.05) is 0 Å². The molecule has 1 fully saturated rings. The number of halogens is 5. The molecule has 1 heterocycles. The normalized spacial score (nSPS) is 17.9. The lowest BCUT2D eigenvalue weighted by Crippen LogP contribution is -2.35. The zero-order valence-electron chi connectivity index (χ0n) is 9.64. The van der Waals surface area contributed by atoms with Crippen LogP contribution in [0.4, 0.5) is 17.6 Å². The van der Waals surface area contributed by atoms with Crippen LogP contribution in [0, 0.1) is 5.82 Å². The number of fused-ring (bicyclic) bond motifs is 1. The Morgan fingerprint density at radius 2 is 2.00 bits per heavy atom. The van der Waals surface area contributed by atoms with Crippen LogP contribution in [0.1, 0.15) is 18.7 Å². The summed E-state index contributed by atoms with van der Waals surface area (Å²) in [4.78, 5) is 4.00. The molecule has 1 aliphatic carbocycles. The first-order valence-corrected chi connectivity index (χ1v) is 6.22. The summed E-state index contributed by atoms with van der Waals surface area (Å²) < 4.78 is 53.9. The average molecular weight is 293 g/mol. The van der Waals surface area contributed by atoms with E-state index in [9.17, 15) is 17.6 Å². The summed E-state index contributed by atoms with van der Waals surface area (Å²) in [5.41, 5.74) is -1.46. The van der Waals surface area contributed by atoms with Crippen molar-refractivity contribution >= 4 is 22.6 Å². The van der Waals surface area contributed by atoms with E-state index in [1.54, 1.807) is 0 Å². The average Bonchev–Trinajstić information content (AvgIpc) is 3.05. The lowest BCUT2D eigenvalue weighted by molar-refractivity contribution is -0.179. The number of aromatic nitrogens is 2. The molecule has 0 spiro atoms. The fourth-order valence-electron chi connectivity index (χ4n) is 2.42. The minimum absolute atomic E-state index is 0.00320. The summed E-state index contributed by atoms with van der Waals surface area (Å²) in [6.07, 6.45) is -4.36. The molecule has 102 valence electrons. The molecule has 0 N–H and O–H groups in total. The maximum atomic E-state index is 13.2. The molecule has 1 aromatic heterocycles.